The molecule has 3 amide bonds. The van der Waals surface area contributed by atoms with Crippen molar-refractivity contribution in [1.82, 2.24) is 20.1 Å². The normalized spacial score (nSPS) is 13.5. The van der Waals surface area contributed by atoms with Crippen LogP contribution in [0.15, 0.2) is 30.6 Å². The molecule has 2 heterocycles. The van der Waals surface area contributed by atoms with E-state index in [1.54, 1.807) is 24.3 Å². The number of fused-ring (bicyclic) bond motifs is 1. The molecule has 2 aromatic rings. The van der Waals surface area contributed by atoms with Gasteiger partial charge in [-0.05, 0) is 12.1 Å². The van der Waals surface area contributed by atoms with Gasteiger partial charge in [0.1, 0.15) is 12.9 Å². The van der Waals surface area contributed by atoms with Crippen molar-refractivity contribution in [2.75, 3.05) is 11.9 Å². The van der Waals surface area contributed by atoms with Crippen molar-refractivity contribution in [3.05, 3.63) is 41.7 Å². The Morgan fingerprint density at radius 1 is 1.20 bits per heavy atom. The Morgan fingerprint density at radius 3 is 2.40 bits per heavy atom. The van der Waals surface area contributed by atoms with Crippen LogP contribution in [-0.4, -0.2) is 44.3 Å². The van der Waals surface area contributed by atoms with E-state index in [-0.39, 0.29) is 12.5 Å². The van der Waals surface area contributed by atoms with Gasteiger partial charge >= 0.3 is 0 Å². The number of hydrogen-bond donors (Lipinski definition) is 2. The number of carbonyl (C=O) groups is 3. The van der Waals surface area contributed by atoms with Crippen molar-refractivity contribution in [1.29, 1.82) is 0 Å². The molecule has 0 spiro atoms. The van der Waals surface area contributed by atoms with Gasteiger partial charge in [0.2, 0.25) is 11.9 Å². The quantitative estimate of drug-likeness (QED) is 0.766. The van der Waals surface area contributed by atoms with E-state index in [0.717, 1.165) is 4.90 Å². The third kappa shape index (κ3) is 1.92. The van der Waals surface area contributed by atoms with Crippen LogP contribution in [0.2, 0.25) is 0 Å². The highest BCUT2D eigenvalue weighted by Crippen LogP contribution is 2.21. The van der Waals surface area contributed by atoms with E-state index >= 15 is 0 Å². The third-order valence-electron chi connectivity index (χ3n) is 2.85. The minimum absolute atomic E-state index is 0.159. The summed E-state index contributed by atoms with van der Waals surface area (Å²) in [4.78, 5) is 40.5. The number of benzene rings is 1. The average molecular weight is 271 g/mol. The summed E-state index contributed by atoms with van der Waals surface area (Å²) in [7, 11) is 0. The maximum Gasteiger partial charge on any atom is 0.262 e. The summed E-state index contributed by atoms with van der Waals surface area (Å²) in [5, 5.41) is 8.42. The molecule has 0 atom stereocenters. The fourth-order valence-electron chi connectivity index (χ4n) is 1.96. The van der Waals surface area contributed by atoms with Crippen LogP contribution in [0.1, 0.15) is 20.7 Å². The number of aromatic amines is 1. The molecule has 0 radical (unpaired) electrons. The summed E-state index contributed by atoms with van der Waals surface area (Å²) >= 11 is 0. The zero-order valence-corrected chi connectivity index (χ0v) is 10.2. The number of carbonyl (C=O) groups excluding carboxylic acids is 3. The fourth-order valence-corrected chi connectivity index (χ4v) is 1.96. The van der Waals surface area contributed by atoms with E-state index in [9.17, 15) is 14.4 Å². The highest BCUT2D eigenvalue weighted by molar-refractivity contribution is 6.22. The van der Waals surface area contributed by atoms with Crippen molar-refractivity contribution < 1.29 is 14.4 Å². The Hall–Kier alpha value is -3.03. The minimum Gasteiger partial charge on any atom is -0.293 e. The first kappa shape index (κ1) is 12.0. The predicted octanol–water partition coefficient (Wildman–Crippen LogP) is 0.0394. The van der Waals surface area contributed by atoms with Gasteiger partial charge in [-0.2, -0.15) is 10.1 Å². The predicted molar refractivity (Wildman–Crippen MR) is 66.8 cm³/mol. The van der Waals surface area contributed by atoms with Crippen molar-refractivity contribution in [2.24, 2.45) is 0 Å². The van der Waals surface area contributed by atoms with Crippen LogP contribution in [0.25, 0.3) is 0 Å². The molecule has 2 N–H and O–H groups in total. The molecule has 1 aliphatic rings. The van der Waals surface area contributed by atoms with E-state index in [0.29, 0.717) is 11.1 Å². The lowest BCUT2D eigenvalue weighted by Crippen LogP contribution is -2.37. The molecule has 0 bridgehead atoms. The molecule has 0 unspecified atom stereocenters. The molecular weight excluding hydrogens is 262 g/mol. The van der Waals surface area contributed by atoms with Crippen LogP contribution >= 0.6 is 0 Å². The number of hydrogen-bond acceptors (Lipinski definition) is 5. The topological polar surface area (TPSA) is 108 Å². The van der Waals surface area contributed by atoms with E-state index in [1.165, 1.54) is 6.33 Å². The SMILES string of the molecule is O=C(CN1C(=O)c2ccccc2C1=O)Nc1ncn[nH]1. The lowest BCUT2D eigenvalue weighted by molar-refractivity contribution is -0.116. The summed E-state index contributed by atoms with van der Waals surface area (Å²) in [6.45, 7) is -0.368. The van der Waals surface area contributed by atoms with Gasteiger partial charge in [0.25, 0.3) is 11.8 Å². The van der Waals surface area contributed by atoms with Gasteiger partial charge in [-0.3, -0.25) is 24.6 Å². The Morgan fingerprint density at radius 2 is 1.85 bits per heavy atom. The molecule has 0 fully saturated rings. The molecule has 0 saturated heterocycles. The number of aromatic nitrogens is 3. The smallest absolute Gasteiger partial charge is 0.262 e. The molecule has 8 heteroatoms. The van der Waals surface area contributed by atoms with E-state index < -0.39 is 17.7 Å². The Kier molecular flexibility index (Phi) is 2.75. The van der Waals surface area contributed by atoms with E-state index in [1.807, 2.05) is 0 Å². The van der Waals surface area contributed by atoms with Crippen LogP contribution in [0.3, 0.4) is 0 Å². The van der Waals surface area contributed by atoms with Gasteiger partial charge in [-0.15, -0.1) is 0 Å². The number of nitrogens with one attached hydrogen (secondary N) is 2. The average Bonchev–Trinajstić information content (AvgIpc) is 3.03. The summed E-state index contributed by atoms with van der Waals surface area (Å²) in [5.41, 5.74) is 0.620. The molecule has 0 saturated carbocycles. The second-order valence-corrected chi connectivity index (χ2v) is 4.12. The molecule has 8 nitrogen and oxygen atoms in total. The molecule has 20 heavy (non-hydrogen) atoms. The number of rotatable bonds is 3. The van der Waals surface area contributed by atoms with Crippen molar-refractivity contribution >= 4 is 23.7 Å². The maximum atomic E-state index is 12.0. The molecular formula is C12H9N5O3. The first-order valence-corrected chi connectivity index (χ1v) is 5.77. The summed E-state index contributed by atoms with van der Waals surface area (Å²) in [6, 6.07) is 6.46. The number of imide groups is 1. The summed E-state index contributed by atoms with van der Waals surface area (Å²) in [6.07, 6.45) is 1.23. The molecule has 0 aliphatic carbocycles. The molecule has 1 aromatic carbocycles. The number of anilines is 1. The van der Waals surface area contributed by atoms with E-state index in [4.69, 9.17) is 0 Å². The summed E-state index contributed by atoms with van der Waals surface area (Å²) < 4.78 is 0. The van der Waals surface area contributed by atoms with Gasteiger partial charge < -0.3 is 0 Å². The monoisotopic (exact) mass is 271 g/mol. The fraction of sp³-hybridized carbons (Fsp3) is 0.0833. The Labute approximate surface area is 112 Å². The van der Waals surface area contributed by atoms with Crippen LogP contribution in [0, 0.1) is 0 Å². The maximum absolute atomic E-state index is 12.0. The van der Waals surface area contributed by atoms with Gasteiger partial charge in [-0.25, -0.2) is 5.10 Å². The van der Waals surface area contributed by atoms with E-state index in [2.05, 4.69) is 20.5 Å². The second kappa shape index (κ2) is 4.57. The van der Waals surface area contributed by atoms with Crippen LogP contribution in [-0.2, 0) is 4.79 Å². The largest absolute Gasteiger partial charge is 0.293 e. The Balaban J connectivity index is 1.75. The molecule has 1 aliphatic heterocycles. The second-order valence-electron chi connectivity index (χ2n) is 4.12. The third-order valence-corrected chi connectivity index (χ3v) is 2.85. The van der Waals surface area contributed by atoms with Crippen molar-refractivity contribution in [2.45, 2.75) is 0 Å². The number of nitrogens with zero attached hydrogens (tertiary/aromatic N) is 3. The zero-order chi connectivity index (χ0) is 14.1. The molecule has 3 rings (SSSR count). The van der Waals surface area contributed by atoms with Crippen molar-refractivity contribution in [3.8, 4) is 0 Å². The molecule has 1 aromatic heterocycles. The highest BCUT2D eigenvalue weighted by atomic mass is 16.2. The van der Waals surface area contributed by atoms with Gasteiger partial charge in [0.15, 0.2) is 0 Å². The Bertz CT molecular complexity index is 660. The van der Waals surface area contributed by atoms with Crippen LogP contribution in [0.5, 0.6) is 0 Å². The van der Waals surface area contributed by atoms with Crippen LogP contribution in [0.4, 0.5) is 5.95 Å². The first-order chi connectivity index (χ1) is 9.66. The van der Waals surface area contributed by atoms with Gasteiger partial charge in [0, 0.05) is 0 Å². The lowest BCUT2D eigenvalue weighted by atomic mass is 10.1. The van der Waals surface area contributed by atoms with Crippen molar-refractivity contribution in [3.63, 3.8) is 0 Å². The standard InChI is InChI=1S/C12H9N5O3/c18-9(15-12-13-6-14-16-12)5-17-10(19)7-3-1-2-4-8(7)11(17)20/h1-4,6H,5H2,(H2,13,14,15,16,18). The number of amides is 3. The zero-order valence-electron chi connectivity index (χ0n) is 10.2. The highest BCUT2D eigenvalue weighted by Gasteiger charge is 2.36. The van der Waals surface area contributed by atoms with Crippen LogP contribution < -0.4 is 5.32 Å². The summed E-state index contributed by atoms with van der Waals surface area (Å²) in [5.74, 6) is -1.32. The molecule has 100 valence electrons. The minimum atomic E-state index is -0.531. The first-order valence-electron chi connectivity index (χ1n) is 5.77. The number of H-pyrrole nitrogens is 1. The lowest BCUT2D eigenvalue weighted by Gasteiger charge is -2.12. The van der Waals surface area contributed by atoms with Gasteiger partial charge in [0.05, 0.1) is 11.1 Å². The van der Waals surface area contributed by atoms with Gasteiger partial charge in [-0.1, -0.05) is 12.1 Å².